The van der Waals surface area contributed by atoms with Crippen molar-refractivity contribution in [3.63, 3.8) is 0 Å². The van der Waals surface area contributed by atoms with Crippen LogP contribution in [0.1, 0.15) is 43.7 Å². The number of aryl methyl sites for hydroxylation is 1. The quantitative estimate of drug-likeness (QED) is 0.353. The Balaban J connectivity index is 1.37. The van der Waals surface area contributed by atoms with Gasteiger partial charge < -0.3 is 20.7 Å². The average molecular weight is 638 g/mol. The van der Waals surface area contributed by atoms with E-state index in [-0.39, 0.29) is 52.0 Å². The fraction of sp³-hybridized carbons (Fsp3) is 0.567. The molecule has 236 valence electrons. The number of halogens is 6. The molecular formula is C30H33ClF5N7O. The van der Waals surface area contributed by atoms with Crippen LogP contribution in [-0.4, -0.2) is 76.4 Å². The van der Waals surface area contributed by atoms with Gasteiger partial charge in [0.1, 0.15) is 29.9 Å². The molecule has 44 heavy (non-hydrogen) atoms. The van der Waals surface area contributed by atoms with Crippen molar-refractivity contribution in [1.29, 1.82) is 0 Å². The Bertz CT molecular complexity index is 1610. The van der Waals surface area contributed by atoms with Gasteiger partial charge in [0.15, 0.2) is 5.82 Å². The van der Waals surface area contributed by atoms with E-state index in [1.54, 1.807) is 0 Å². The highest BCUT2D eigenvalue weighted by Gasteiger charge is 2.52. The average Bonchev–Trinajstić information content (AvgIpc) is 3.52. The minimum Gasteiger partial charge on any atom is -0.461 e. The molecular weight excluding hydrogens is 605 g/mol. The van der Waals surface area contributed by atoms with Crippen molar-refractivity contribution >= 4 is 34.1 Å². The highest BCUT2D eigenvalue weighted by atomic mass is 35.5. The molecule has 2 bridgehead atoms. The lowest BCUT2D eigenvalue weighted by Gasteiger charge is -2.34. The lowest BCUT2D eigenvalue weighted by molar-refractivity contribution is -0.137. The summed E-state index contributed by atoms with van der Waals surface area (Å²) < 4.78 is 80.0. The SMILES string of the molecule is Cc1cc(N)nc(-c2c(Cl)cc3c(N4CC5CCC(C4)N5)nc(OC[C@]45C[C@@H](C)CN4C[C@H](F)C5)nc3c2F)c1C(F)(F)F. The summed E-state index contributed by atoms with van der Waals surface area (Å²) in [6.45, 7) is 5.71. The van der Waals surface area contributed by atoms with Gasteiger partial charge >= 0.3 is 12.2 Å². The van der Waals surface area contributed by atoms with Gasteiger partial charge in [-0.1, -0.05) is 18.5 Å². The number of nitrogen functional groups attached to an aromatic ring is 1. The number of piperazine rings is 1. The Morgan fingerprint density at radius 1 is 1.09 bits per heavy atom. The second-order valence-electron chi connectivity index (χ2n) is 12.9. The molecule has 4 saturated heterocycles. The lowest BCUT2D eigenvalue weighted by Crippen LogP contribution is -2.51. The number of hydrogen-bond acceptors (Lipinski definition) is 8. The van der Waals surface area contributed by atoms with Gasteiger partial charge in [0, 0.05) is 50.1 Å². The zero-order valence-corrected chi connectivity index (χ0v) is 25.1. The van der Waals surface area contributed by atoms with Crippen LogP contribution in [0.3, 0.4) is 0 Å². The van der Waals surface area contributed by atoms with Crippen molar-refractivity contribution in [2.75, 3.05) is 43.4 Å². The number of nitrogens with zero attached hydrogens (tertiary/aromatic N) is 5. The van der Waals surface area contributed by atoms with Gasteiger partial charge in [0.2, 0.25) is 0 Å². The molecule has 0 amide bonds. The van der Waals surface area contributed by atoms with Crippen LogP contribution in [-0.2, 0) is 6.18 Å². The van der Waals surface area contributed by atoms with E-state index in [9.17, 15) is 17.6 Å². The number of anilines is 2. The first-order valence-electron chi connectivity index (χ1n) is 14.9. The Kier molecular flexibility index (Phi) is 7.09. The molecule has 2 unspecified atom stereocenters. The normalized spacial score (nSPS) is 28.7. The van der Waals surface area contributed by atoms with E-state index in [0.717, 1.165) is 31.9 Å². The van der Waals surface area contributed by atoms with E-state index in [2.05, 4.69) is 27.1 Å². The number of pyridine rings is 1. The van der Waals surface area contributed by atoms with Crippen LogP contribution >= 0.6 is 11.6 Å². The molecule has 0 saturated carbocycles. The molecule has 0 aliphatic carbocycles. The zero-order chi connectivity index (χ0) is 31.1. The second kappa shape index (κ2) is 10.5. The van der Waals surface area contributed by atoms with Crippen molar-refractivity contribution in [3.8, 4) is 17.3 Å². The summed E-state index contributed by atoms with van der Waals surface area (Å²) in [5.41, 5.74) is 2.45. The van der Waals surface area contributed by atoms with Gasteiger partial charge in [-0.2, -0.15) is 23.1 Å². The molecule has 4 aliphatic heterocycles. The van der Waals surface area contributed by atoms with E-state index in [1.807, 2.05) is 4.90 Å². The summed E-state index contributed by atoms with van der Waals surface area (Å²) in [5.74, 6) is -0.551. The van der Waals surface area contributed by atoms with Crippen LogP contribution in [0, 0.1) is 18.7 Å². The maximum atomic E-state index is 16.6. The monoisotopic (exact) mass is 637 g/mol. The predicted molar refractivity (Wildman–Crippen MR) is 157 cm³/mol. The Morgan fingerprint density at radius 2 is 1.82 bits per heavy atom. The molecule has 3 N–H and O–H groups in total. The zero-order valence-electron chi connectivity index (χ0n) is 24.3. The predicted octanol–water partition coefficient (Wildman–Crippen LogP) is 5.54. The van der Waals surface area contributed by atoms with E-state index < -0.39 is 40.5 Å². The number of nitrogens with one attached hydrogen (secondary N) is 1. The fourth-order valence-electron chi connectivity index (χ4n) is 7.91. The van der Waals surface area contributed by atoms with Gasteiger partial charge in [-0.25, -0.2) is 13.8 Å². The Hall–Kier alpha value is -3.03. The van der Waals surface area contributed by atoms with Crippen LogP contribution in [0.5, 0.6) is 6.01 Å². The first-order valence-corrected chi connectivity index (χ1v) is 15.3. The van der Waals surface area contributed by atoms with E-state index in [1.165, 1.54) is 13.0 Å². The van der Waals surface area contributed by atoms with Crippen LogP contribution in [0.2, 0.25) is 5.02 Å². The maximum Gasteiger partial charge on any atom is 0.418 e. The molecule has 14 heteroatoms. The summed E-state index contributed by atoms with van der Waals surface area (Å²) in [6.07, 6.45) is -2.81. The van der Waals surface area contributed by atoms with Crippen LogP contribution in [0.4, 0.5) is 33.6 Å². The molecule has 7 rings (SSSR count). The molecule has 0 radical (unpaired) electrons. The number of fused-ring (bicyclic) bond motifs is 4. The summed E-state index contributed by atoms with van der Waals surface area (Å²) >= 11 is 6.58. The third-order valence-corrected chi connectivity index (χ3v) is 9.83. The first kappa shape index (κ1) is 29.7. The largest absolute Gasteiger partial charge is 0.461 e. The molecule has 4 fully saturated rings. The molecule has 1 aromatic carbocycles. The first-order chi connectivity index (χ1) is 20.8. The van der Waals surface area contributed by atoms with Crippen molar-refractivity contribution in [3.05, 3.63) is 34.1 Å². The highest BCUT2D eigenvalue weighted by Crippen LogP contribution is 2.46. The molecule has 4 aliphatic rings. The Morgan fingerprint density at radius 3 is 2.52 bits per heavy atom. The highest BCUT2D eigenvalue weighted by molar-refractivity contribution is 6.34. The van der Waals surface area contributed by atoms with Crippen molar-refractivity contribution in [1.82, 2.24) is 25.2 Å². The smallest absolute Gasteiger partial charge is 0.418 e. The van der Waals surface area contributed by atoms with Crippen LogP contribution in [0.25, 0.3) is 22.2 Å². The van der Waals surface area contributed by atoms with Gasteiger partial charge in [0.25, 0.3) is 0 Å². The van der Waals surface area contributed by atoms with E-state index >= 15 is 4.39 Å². The second-order valence-corrected chi connectivity index (χ2v) is 13.3. The molecule has 5 atom stereocenters. The number of nitrogens with two attached hydrogens (primary N) is 1. The number of hydrogen-bond donors (Lipinski definition) is 2. The minimum absolute atomic E-state index is 0.103. The summed E-state index contributed by atoms with van der Waals surface area (Å²) in [7, 11) is 0. The number of aromatic nitrogens is 3. The van der Waals surface area contributed by atoms with Crippen LogP contribution < -0.4 is 20.7 Å². The van der Waals surface area contributed by atoms with Gasteiger partial charge in [0.05, 0.1) is 27.4 Å². The van der Waals surface area contributed by atoms with Gasteiger partial charge in [-0.3, -0.25) is 4.90 Å². The Labute approximate surface area is 256 Å². The molecule has 3 aromatic rings. The van der Waals surface area contributed by atoms with E-state index in [0.29, 0.717) is 37.8 Å². The third kappa shape index (κ3) is 5.00. The van der Waals surface area contributed by atoms with E-state index in [4.69, 9.17) is 27.1 Å². The minimum atomic E-state index is -4.85. The summed E-state index contributed by atoms with van der Waals surface area (Å²) in [6, 6.07) is 2.77. The standard InChI is InChI=1S/C30H33ClF5N7O/c1-14-7-29(8-16(32)10-43(29)9-14)13-44-28-40-25-19(27(41-28)42-11-17-3-4-18(12-42)38-17)6-20(31)22(24(25)33)26-23(30(34,35)36)15(2)5-21(37)39-26/h5-6,14,16-18,38H,3-4,7-13H2,1-2H3,(H2,37,39)/t14-,16-,17?,18?,29-/m1/s1. The van der Waals surface area contributed by atoms with Crippen molar-refractivity contribution in [2.45, 2.75) is 69.5 Å². The number of benzene rings is 1. The molecule has 8 nitrogen and oxygen atoms in total. The third-order valence-electron chi connectivity index (χ3n) is 9.54. The number of ether oxygens (including phenoxy) is 1. The topological polar surface area (TPSA) is 92.4 Å². The number of alkyl halides is 4. The van der Waals surface area contributed by atoms with Crippen molar-refractivity contribution < 1.29 is 26.7 Å². The number of rotatable bonds is 5. The van der Waals surface area contributed by atoms with Crippen LogP contribution in [0.15, 0.2) is 12.1 Å². The summed E-state index contributed by atoms with van der Waals surface area (Å²) in [5, 5.41) is 3.52. The van der Waals surface area contributed by atoms with Crippen molar-refractivity contribution in [2.24, 2.45) is 5.92 Å². The van der Waals surface area contributed by atoms with Gasteiger partial charge in [-0.15, -0.1) is 0 Å². The van der Waals surface area contributed by atoms with Gasteiger partial charge in [-0.05, 0) is 49.8 Å². The fourth-order valence-corrected chi connectivity index (χ4v) is 8.19. The summed E-state index contributed by atoms with van der Waals surface area (Å²) in [4.78, 5) is 17.1. The molecule has 0 spiro atoms. The lowest BCUT2D eigenvalue weighted by atomic mass is 9.91. The maximum absolute atomic E-state index is 16.6. The molecule has 2 aromatic heterocycles. The molecule has 6 heterocycles.